The van der Waals surface area contributed by atoms with Gasteiger partial charge < -0.3 is 19.7 Å². The van der Waals surface area contributed by atoms with Gasteiger partial charge in [-0.1, -0.05) is 12.1 Å². The molecular formula is C21H32N2O2. The Morgan fingerprint density at radius 1 is 0.880 bits per heavy atom. The van der Waals surface area contributed by atoms with E-state index in [0.717, 1.165) is 44.6 Å². The van der Waals surface area contributed by atoms with Gasteiger partial charge >= 0.3 is 0 Å². The van der Waals surface area contributed by atoms with Crippen molar-refractivity contribution in [3.8, 4) is 0 Å². The molecule has 1 aromatic carbocycles. The Kier molecular flexibility index (Phi) is 5.90. The summed E-state index contributed by atoms with van der Waals surface area (Å²) < 4.78 is 11.1. The summed E-state index contributed by atoms with van der Waals surface area (Å²) >= 11 is 0. The first-order chi connectivity index (χ1) is 12.4. The lowest BCUT2D eigenvalue weighted by molar-refractivity contribution is -0.0506. The van der Waals surface area contributed by atoms with Crippen LogP contribution in [-0.2, 0) is 9.47 Å². The maximum absolute atomic E-state index is 5.56. The van der Waals surface area contributed by atoms with Crippen LogP contribution >= 0.6 is 0 Å². The Morgan fingerprint density at radius 2 is 1.56 bits per heavy atom. The maximum atomic E-state index is 5.56. The van der Waals surface area contributed by atoms with Crippen molar-refractivity contribution in [1.82, 2.24) is 5.32 Å². The standard InChI is InChI=1S/C21H32N2O2/c1(6-21-24-15-16-25-21)17-9-13-23(14-10-17)20-4-2-18(3-5-20)19-7-11-22-12-8-19/h2-5,17,19,21-22H,1,6-16H2. The van der Waals surface area contributed by atoms with Crippen LogP contribution in [0, 0.1) is 5.92 Å². The molecule has 4 rings (SSSR count). The fourth-order valence-corrected chi connectivity index (χ4v) is 4.54. The molecule has 138 valence electrons. The molecule has 0 unspecified atom stereocenters. The highest BCUT2D eigenvalue weighted by atomic mass is 16.7. The molecule has 3 aliphatic heterocycles. The zero-order valence-corrected chi connectivity index (χ0v) is 15.3. The molecule has 3 fully saturated rings. The minimum absolute atomic E-state index is 0.0700. The van der Waals surface area contributed by atoms with Crippen molar-refractivity contribution in [3.63, 3.8) is 0 Å². The predicted molar refractivity (Wildman–Crippen MR) is 101 cm³/mol. The second kappa shape index (κ2) is 8.52. The highest BCUT2D eigenvalue weighted by Gasteiger charge is 2.23. The summed E-state index contributed by atoms with van der Waals surface area (Å²) in [5, 5.41) is 3.46. The van der Waals surface area contributed by atoms with Crippen molar-refractivity contribution >= 4 is 5.69 Å². The number of nitrogens with one attached hydrogen (secondary N) is 1. The Labute approximate surface area is 151 Å². The monoisotopic (exact) mass is 344 g/mol. The summed E-state index contributed by atoms with van der Waals surface area (Å²) in [6, 6.07) is 9.42. The van der Waals surface area contributed by atoms with Gasteiger partial charge in [0.2, 0.25) is 0 Å². The molecule has 0 atom stereocenters. The van der Waals surface area contributed by atoms with Crippen LogP contribution in [0.5, 0.6) is 0 Å². The number of rotatable bonds is 5. The number of hydrogen-bond donors (Lipinski definition) is 1. The minimum atomic E-state index is 0.0700. The second-order valence-electron chi connectivity index (χ2n) is 7.79. The third-order valence-electron chi connectivity index (χ3n) is 6.18. The van der Waals surface area contributed by atoms with Gasteiger partial charge in [-0.25, -0.2) is 0 Å². The van der Waals surface area contributed by atoms with Gasteiger partial charge in [0.25, 0.3) is 0 Å². The highest BCUT2D eigenvalue weighted by Crippen LogP contribution is 2.30. The summed E-state index contributed by atoms with van der Waals surface area (Å²) in [6.45, 7) is 6.24. The van der Waals surface area contributed by atoms with Crippen molar-refractivity contribution in [2.24, 2.45) is 5.92 Å². The van der Waals surface area contributed by atoms with Gasteiger partial charge in [0, 0.05) is 18.8 Å². The second-order valence-corrected chi connectivity index (χ2v) is 7.79. The molecule has 3 heterocycles. The molecule has 4 heteroatoms. The first-order valence-electron chi connectivity index (χ1n) is 10.2. The number of anilines is 1. The Hall–Kier alpha value is -1.10. The van der Waals surface area contributed by atoms with E-state index in [2.05, 4.69) is 34.5 Å². The third-order valence-corrected chi connectivity index (χ3v) is 6.18. The molecule has 0 saturated carbocycles. The van der Waals surface area contributed by atoms with Crippen molar-refractivity contribution < 1.29 is 9.47 Å². The fourth-order valence-electron chi connectivity index (χ4n) is 4.54. The molecule has 3 aliphatic rings. The molecule has 0 amide bonds. The molecule has 1 aromatic rings. The molecular weight excluding hydrogens is 312 g/mol. The maximum Gasteiger partial charge on any atom is 0.157 e. The van der Waals surface area contributed by atoms with Crippen LogP contribution in [0.3, 0.4) is 0 Å². The van der Waals surface area contributed by atoms with Gasteiger partial charge in [-0.3, -0.25) is 0 Å². The number of ether oxygens (including phenoxy) is 2. The van der Waals surface area contributed by atoms with Gasteiger partial charge in [0.05, 0.1) is 13.2 Å². The largest absolute Gasteiger partial charge is 0.372 e. The number of hydrogen-bond acceptors (Lipinski definition) is 4. The third kappa shape index (κ3) is 4.55. The van der Waals surface area contributed by atoms with Crippen LogP contribution in [0.2, 0.25) is 0 Å². The average molecular weight is 344 g/mol. The lowest BCUT2D eigenvalue weighted by atomic mass is 9.89. The van der Waals surface area contributed by atoms with E-state index in [4.69, 9.17) is 9.47 Å². The van der Waals surface area contributed by atoms with E-state index >= 15 is 0 Å². The molecule has 0 spiro atoms. The van der Waals surface area contributed by atoms with Gasteiger partial charge in [-0.05, 0) is 81.1 Å². The smallest absolute Gasteiger partial charge is 0.157 e. The van der Waals surface area contributed by atoms with Gasteiger partial charge in [0.1, 0.15) is 0 Å². The molecule has 0 aromatic heterocycles. The van der Waals surface area contributed by atoms with Gasteiger partial charge in [0.15, 0.2) is 6.29 Å². The Bertz CT molecular complexity index is 513. The quantitative estimate of drug-likeness (QED) is 0.886. The van der Waals surface area contributed by atoms with E-state index in [1.54, 1.807) is 0 Å². The molecule has 4 nitrogen and oxygen atoms in total. The predicted octanol–water partition coefficient (Wildman–Crippen LogP) is 3.52. The van der Waals surface area contributed by atoms with Gasteiger partial charge in [-0.15, -0.1) is 0 Å². The van der Waals surface area contributed by atoms with E-state index in [-0.39, 0.29) is 6.29 Å². The zero-order chi connectivity index (χ0) is 16.9. The Balaban J connectivity index is 1.24. The summed E-state index contributed by atoms with van der Waals surface area (Å²) in [7, 11) is 0. The Morgan fingerprint density at radius 3 is 2.24 bits per heavy atom. The van der Waals surface area contributed by atoms with E-state index in [0.29, 0.717) is 0 Å². The number of piperidine rings is 2. The molecule has 25 heavy (non-hydrogen) atoms. The van der Waals surface area contributed by atoms with Crippen LogP contribution in [-0.4, -0.2) is 45.7 Å². The average Bonchev–Trinajstić information content (AvgIpc) is 3.21. The number of benzene rings is 1. The van der Waals surface area contributed by atoms with Crippen LogP contribution in [0.4, 0.5) is 5.69 Å². The molecule has 0 aliphatic carbocycles. The summed E-state index contributed by atoms with van der Waals surface area (Å²) in [4.78, 5) is 2.56. The lowest BCUT2D eigenvalue weighted by Gasteiger charge is -2.34. The van der Waals surface area contributed by atoms with Crippen molar-refractivity contribution in [1.29, 1.82) is 0 Å². The molecule has 1 N–H and O–H groups in total. The fraction of sp³-hybridized carbons (Fsp3) is 0.714. The lowest BCUT2D eigenvalue weighted by Crippen LogP contribution is -2.34. The first kappa shape index (κ1) is 17.3. The zero-order valence-electron chi connectivity index (χ0n) is 15.3. The molecule has 3 saturated heterocycles. The normalized spacial score (nSPS) is 24.1. The number of nitrogens with zero attached hydrogens (tertiary/aromatic N) is 1. The summed E-state index contributed by atoms with van der Waals surface area (Å²) in [5.74, 6) is 1.58. The van der Waals surface area contributed by atoms with Crippen LogP contribution < -0.4 is 10.2 Å². The summed E-state index contributed by atoms with van der Waals surface area (Å²) in [6.07, 6.45) is 7.52. The highest BCUT2D eigenvalue weighted by molar-refractivity contribution is 5.48. The van der Waals surface area contributed by atoms with Crippen LogP contribution in [0.1, 0.15) is 50.0 Å². The van der Waals surface area contributed by atoms with Crippen molar-refractivity contribution in [3.05, 3.63) is 29.8 Å². The molecule has 0 radical (unpaired) electrons. The van der Waals surface area contributed by atoms with Crippen LogP contribution in [0.15, 0.2) is 24.3 Å². The minimum Gasteiger partial charge on any atom is -0.372 e. The van der Waals surface area contributed by atoms with Crippen molar-refractivity contribution in [2.45, 2.75) is 50.7 Å². The topological polar surface area (TPSA) is 33.7 Å². The van der Waals surface area contributed by atoms with Gasteiger partial charge in [-0.2, -0.15) is 0 Å². The van der Waals surface area contributed by atoms with E-state index in [1.807, 2.05) is 0 Å². The van der Waals surface area contributed by atoms with E-state index < -0.39 is 0 Å². The van der Waals surface area contributed by atoms with E-state index in [1.165, 1.54) is 56.4 Å². The van der Waals surface area contributed by atoms with E-state index in [9.17, 15) is 0 Å². The van der Waals surface area contributed by atoms with Crippen LogP contribution in [0.25, 0.3) is 0 Å². The SMILES string of the molecule is c1cc(N2CCC(CCC3OCCO3)CC2)ccc1C1CCNCC1. The first-order valence-corrected chi connectivity index (χ1v) is 10.2. The van der Waals surface area contributed by atoms with Crippen molar-refractivity contribution in [2.75, 3.05) is 44.3 Å². The summed E-state index contributed by atoms with van der Waals surface area (Å²) in [5.41, 5.74) is 2.93. The molecule has 0 bridgehead atoms.